The van der Waals surface area contributed by atoms with Gasteiger partial charge in [0.1, 0.15) is 0 Å². The van der Waals surface area contributed by atoms with E-state index in [0.29, 0.717) is 12.5 Å². The van der Waals surface area contributed by atoms with Crippen molar-refractivity contribution >= 4 is 0 Å². The lowest BCUT2D eigenvalue weighted by Crippen LogP contribution is -2.43. The zero-order valence-electron chi connectivity index (χ0n) is 8.11. The van der Waals surface area contributed by atoms with Crippen LogP contribution < -0.4 is 0 Å². The molecule has 1 N–H and O–H groups in total. The summed E-state index contributed by atoms with van der Waals surface area (Å²) in [5, 5.41) is 8.98. The molecule has 2 saturated heterocycles. The molecule has 0 aromatic rings. The summed E-state index contributed by atoms with van der Waals surface area (Å²) < 4.78 is 5.15. The van der Waals surface area contributed by atoms with Crippen LogP contribution in [-0.4, -0.2) is 49.5 Å². The zero-order valence-corrected chi connectivity index (χ0v) is 8.11. The Labute approximate surface area is 79.7 Å². The first-order valence-corrected chi connectivity index (χ1v) is 5.29. The highest BCUT2D eigenvalue weighted by molar-refractivity contribution is 4.76. The molecule has 76 valence electrons. The monoisotopic (exact) mass is 185 g/mol. The van der Waals surface area contributed by atoms with Crippen LogP contribution in [0.3, 0.4) is 0 Å². The summed E-state index contributed by atoms with van der Waals surface area (Å²) in [7, 11) is 0. The van der Waals surface area contributed by atoms with Crippen molar-refractivity contribution in [1.29, 1.82) is 0 Å². The van der Waals surface area contributed by atoms with E-state index in [1.807, 2.05) is 0 Å². The summed E-state index contributed by atoms with van der Waals surface area (Å²) in [5.74, 6) is 1.35. The lowest BCUT2D eigenvalue weighted by molar-refractivity contribution is -0.0504. The predicted molar refractivity (Wildman–Crippen MR) is 50.6 cm³/mol. The van der Waals surface area contributed by atoms with Gasteiger partial charge in [-0.25, -0.2) is 0 Å². The Morgan fingerprint density at radius 2 is 1.85 bits per heavy atom. The normalized spacial score (nSPS) is 27.5. The number of aliphatic hydroxyl groups is 1. The molecule has 2 aliphatic heterocycles. The minimum Gasteiger partial charge on any atom is -0.396 e. The molecule has 0 aromatic heterocycles. The summed E-state index contributed by atoms with van der Waals surface area (Å²) in [6.07, 6.45) is 2.34. The van der Waals surface area contributed by atoms with Crippen molar-refractivity contribution in [3.8, 4) is 0 Å². The fourth-order valence-corrected chi connectivity index (χ4v) is 2.11. The molecule has 0 amide bonds. The van der Waals surface area contributed by atoms with E-state index in [2.05, 4.69) is 4.90 Å². The number of hydrogen-bond acceptors (Lipinski definition) is 3. The number of ether oxygens (including phenoxy) is 1. The maximum Gasteiger partial charge on any atom is 0.0528 e. The topological polar surface area (TPSA) is 32.7 Å². The Bertz CT molecular complexity index is 151. The molecule has 0 spiro atoms. The Morgan fingerprint density at radius 1 is 1.15 bits per heavy atom. The van der Waals surface area contributed by atoms with Crippen molar-refractivity contribution in [2.45, 2.75) is 12.8 Å². The highest BCUT2D eigenvalue weighted by atomic mass is 16.5. The van der Waals surface area contributed by atoms with Crippen molar-refractivity contribution in [3.63, 3.8) is 0 Å². The molecule has 13 heavy (non-hydrogen) atoms. The Kier molecular flexibility index (Phi) is 3.19. The molecule has 0 aromatic carbocycles. The van der Waals surface area contributed by atoms with Crippen LogP contribution in [0.4, 0.5) is 0 Å². The van der Waals surface area contributed by atoms with Gasteiger partial charge in [0.2, 0.25) is 0 Å². The van der Waals surface area contributed by atoms with Gasteiger partial charge >= 0.3 is 0 Å². The highest BCUT2D eigenvalue weighted by Crippen LogP contribution is 2.19. The van der Waals surface area contributed by atoms with E-state index in [1.54, 1.807) is 0 Å². The number of aliphatic hydroxyl groups excluding tert-OH is 1. The largest absolute Gasteiger partial charge is 0.396 e. The summed E-state index contributed by atoms with van der Waals surface area (Å²) in [6, 6.07) is 0. The highest BCUT2D eigenvalue weighted by Gasteiger charge is 2.24. The number of nitrogens with zero attached hydrogens (tertiary/aromatic N) is 1. The first-order chi connectivity index (χ1) is 6.38. The molecule has 0 aliphatic carbocycles. The first-order valence-electron chi connectivity index (χ1n) is 5.29. The van der Waals surface area contributed by atoms with Gasteiger partial charge in [-0.1, -0.05) is 0 Å². The van der Waals surface area contributed by atoms with E-state index >= 15 is 0 Å². The predicted octanol–water partition coefficient (Wildman–Crippen LogP) is 0.337. The molecule has 0 saturated carbocycles. The lowest BCUT2D eigenvalue weighted by Gasteiger charge is -2.36. The molecule has 2 rings (SSSR count). The minimum atomic E-state index is 0.375. The van der Waals surface area contributed by atoms with Crippen LogP contribution in [0.15, 0.2) is 0 Å². The van der Waals surface area contributed by atoms with Gasteiger partial charge in [0.25, 0.3) is 0 Å². The number of likely N-dealkylation sites (tertiary alicyclic amines) is 1. The summed E-state index contributed by atoms with van der Waals surface area (Å²) >= 11 is 0. The number of rotatable bonds is 3. The second-order valence-corrected chi connectivity index (χ2v) is 4.33. The molecule has 0 atom stereocenters. The molecule has 2 aliphatic rings. The summed E-state index contributed by atoms with van der Waals surface area (Å²) in [5.41, 5.74) is 0. The average molecular weight is 185 g/mol. The van der Waals surface area contributed by atoms with E-state index in [4.69, 9.17) is 9.84 Å². The molecule has 3 nitrogen and oxygen atoms in total. The lowest BCUT2D eigenvalue weighted by atomic mass is 9.96. The molecule has 0 unspecified atom stereocenters. The van der Waals surface area contributed by atoms with E-state index in [-0.39, 0.29) is 0 Å². The fraction of sp³-hybridized carbons (Fsp3) is 1.00. The maximum absolute atomic E-state index is 8.98. The van der Waals surface area contributed by atoms with E-state index in [0.717, 1.165) is 19.1 Å². The van der Waals surface area contributed by atoms with Crippen molar-refractivity contribution in [1.82, 2.24) is 4.90 Å². The Morgan fingerprint density at radius 3 is 2.31 bits per heavy atom. The number of piperidine rings is 1. The number of hydrogen-bond donors (Lipinski definition) is 1. The first kappa shape index (κ1) is 9.44. The van der Waals surface area contributed by atoms with Crippen molar-refractivity contribution in [2.75, 3.05) is 39.5 Å². The second kappa shape index (κ2) is 4.40. The van der Waals surface area contributed by atoms with Gasteiger partial charge in [-0.2, -0.15) is 0 Å². The van der Waals surface area contributed by atoms with E-state index in [1.165, 1.54) is 32.5 Å². The van der Waals surface area contributed by atoms with Crippen molar-refractivity contribution < 1.29 is 9.84 Å². The quantitative estimate of drug-likeness (QED) is 0.688. The molecule has 0 radical (unpaired) electrons. The molecule has 2 heterocycles. The van der Waals surface area contributed by atoms with Crippen molar-refractivity contribution in [2.24, 2.45) is 11.8 Å². The molecule has 3 heteroatoms. The van der Waals surface area contributed by atoms with Gasteiger partial charge in [-0.05, 0) is 31.8 Å². The van der Waals surface area contributed by atoms with Gasteiger partial charge in [0.05, 0.1) is 13.2 Å². The Hall–Kier alpha value is -0.120. The zero-order chi connectivity index (χ0) is 9.10. The van der Waals surface area contributed by atoms with Gasteiger partial charge in [-0.15, -0.1) is 0 Å². The maximum atomic E-state index is 8.98. The third kappa shape index (κ3) is 2.42. The average Bonchev–Trinajstić information content (AvgIpc) is 2.12. The smallest absolute Gasteiger partial charge is 0.0528 e. The van der Waals surface area contributed by atoms with Crippen LogP contribution in [0.2, 0.25) is 0 Å². The van der Waals surface area contributed by atoms with Crippen LogP contribution in [0.1, 0.15) is 12.8 Å². The minimum absolute atomic E-state index is 0.375. The van der Waals surface area contributed by atoms with Crippen LogP contribution >= 0.6 is 0 Å². The van der Waals surface area contributed by atoms with Crippen LogP contribution in [0.25, 0.3) is 0 Å². The SMILES string of the molecule is OCC1CCN(CC2COC2)CC1. The molecule has 0 bridgehead atoms. The molecule has 2 fully saturated rings. The van der Waals surface area contributed by atoms with Crippen molar-refractivity contribution in [3.05, 3.63) is 0 Å². The van der Waals surface area contributed by atoms with Gasteiger partial charge < -0.3 is 14.7 Å². The van der Waals surface area contributed by atoms with Crippen LogP contribution in [0, 0.1) is 11.8 Å². The Balaban J connectivity index is 1.65. The third-order valence-electron chi connectivity index (χ3n) is 3.19. The van der Waals surface area contributed by atoms with E-state index in [9.17, 15) is 0 Å². The van der Waals surface area contributed by atoms with Crippen LogP contribution in [0.5, 0.6) is 0 Å². The van der Waals surface area contributed by atoms with Gasteiger partial charge in [0, 0.05) is 19.1 Å². The summed E-state index contributed by atoms with van der Waals surface area (Å²) in [4.78, 5) is 2.51. The second-order valence-electron chi connectivity index (χ2n) is 4.33. The fourth-order valence-electron chi connectivity index (χ4n) is 2.11. The van der Waals surface area contributed by atoms with E-state index < -0.39 is 0 Å². The third-order valence-corrected chi connectivity index (χ3v) is 3.19. The standard InChI is InChI=1S/C10H19NO2/c12-6-9-1-3-11(4-2-9)5-10-7-13-8-10/h9-10,12H,1-8H2. The van der Waals surface area contributed by atoms with Gasteiger partial charge in [-0.3, -0.25) is 0 Å². The summed E-state index contributed by atoms with van der Waals surface area (Å²) in [6.45, 7) is 5.84. The van der Waals surface area contributed by atoms with Gasteiger partial charge in [0.15, 0.2) is 0 Å². The molecular weight excluding hydrogens is 166 g/mol. The molecular formula is C10H19NO2. The van der Waals surface area contributed by atoms with Crippen LogP contribution in [-0.2, 0) is 4.74 Å².